The van der Waals surface area contributed by atoms with Gasteiger partial charge in [-0.25, -0.2) is 9.18 Å². The van der Waals surface area contributed by atoms with Crippen LogP contribution in [0.5, 0.6) is 5.75 Å². The van der Waals surface area contributed by atoms with Crippen molar-refractivity contribution >= 4 is 27.7 Å². The minimum atomic E-state index is -5.00. The molecule has 3 aromatic carbocycles. The van der Waals surface area contributed by atoms with Gasteiger partial charge >= 0.3 is 12.1 Å². The summed E-state index contributed by atoms with van der Waals surface area (Å²) in [6.07, 6.45) is -2.09. The van der Waals surface area contributed by atoms with E-state index >= 15 is 0 Å². The number of rotatable bonds is 9. The van der Waals surface area contributed by atoms with Crippen LogP contribution in [0.2, 0.25) is 0 Å². The Morgan fingerprint density at radius 2 is 1.85 bits per heavy atom. The van der Waals surface area contributed by atoms with Crippen molar-refractivity contribution in [1.29, 1.82) is 0 Å². The summed E-state index contributed by atoms with van der Waals surface area (Å²) in [4.78, 5) is 13.4. The van der Waals surface area contributed by atoms with Gasteiger partial charge in [-0.2, -0.15) is 13.2 Å². The van der Waals surface area contributed by atoms with Crippen molar-refractivity contribution in [1.82, 2.24) is 10.1 Å². The second-order valence-corrected chi connectivity index (χ2v) is 9.71. The minimum Gasteiger partial charge on any atom is -0.494 e. The first kappa shape index (κ1) is 26.9. The van der Waals surface area contributed by atoms with Crippen LogP contribution in [0.1, 0.15) is 36.4 Å². The zero-order valence-corrected chi connectivity index (χ0v) is 21.2. The van der Waals surface area contributed by atoms with E-state index in [0.717, 1.165) is 66.3 Å². The molecule has 10 heteroatoms. The Balaban J connectivity index is 1.09. The van der Waals surface area contributed by atoms with Crippen LogP contribution in [0.4, 0.5) is 17.6 Å². The molecule has 1 saturated heterocycles. The highest BCUT2D eigenvalue weighted by Gasteiger charge is 2.40. The first-order chi connectivity index (χ1) is 18.8. The highest BCUT2D eigenvalue weighted by Crippen LogP contribution is 2.33. The molecule has 1 aliphatic heterocycles. The number of carbonyl (C=O) groups excluding carboxylic acids is 1. The van der Waals surface area contributed by atoms with Crippen LogP contribution in [0.25, 0.3) is 21.7 Å². The zero-order valence-electron chi connectivity index (χ0n) is 21.2. The van der Waals surface area contributed by atoms with Crippen LogP contribution in [-0.4, -0.2) is 55.1 Å². The molecule has 6 nitrogen and oxygen atoms in total. The molecular formula is C29H28F4N2O4. The third-order valence-corrected chi connectivity index (χ3v) is 7.10. The van der Waals surface area contributed by atoms with Gasteiger partial charge in [-0.3, -0.25) is 0 Å². The number of hydrogen-bond donors (Lipinski definition) is 0. The van der Waals surface area contributed by atoms with Crippen LogP contribution < -0.4 is 4.74 Å². The first-order valence-corrected chi connectivity index (χ1v) is 12.9. The molecule has 0 atom stereocenters. The number of alkyl halides is 3. The number of hydrogen-bond acceptors (Lipinski definition) is 6. The van der Waals surface area contributed by atoms with Gasteiger partial charge in [0.15, 0.2) is 5.58 Å². The van der Waals surface area contributed by atoms with E-state index in [0.29, 0.717) is 17.9 Å². The second-order valence-electron chi connectivity index (χ2n) is 9.71. The van der Waals surface area contributed by atoms with Crippen LogP contribution in [0.3, 0.4) is 0 Å². The van der Waals surface area contributed by atoms with E-state index in [1.165, 1.54) is 12.1 Å². The van der Waals surface area contributed by atoms with E-state index in [1.807, 2.05) is 30.3 Å². The smallest absolute Gasteiger partial charge is 0.490 e. The molecule has 5 rings (SSSR count). The van der Waals surface area contributed by atoms with Gasteiger partial charge in [-0.15, -0.1) is 0 Å². The summed E-state index contributed by atoms with van der Waals surface area (Å²) >= 11 is 0. The molecular weight excluding hydrogens is 516 g/mol. The van der Waals surface area contributed by atoms with Gasteiger partial charge in [0.2, 0.25) is 0 Å². The predicted octanol–water partition coefficient (Wildman–Crippen LogP) is 6.42. The number of benzene rings is 3. The molecule has 1 fully saturated rings. The lowest BCUT2D eigenvalue weighted by Gasteiger charge is -2.31. The van der Waals surface area contributed by atoms with Crippen molar-refractivity contribution in [2.24, 2.45) is 0 Å². The summed E-state index contributed by atoms with van der Waals surface area (Å²) in [5, 5.41) is 6.86. The SMILES string of the molecule is O=C(OCCc1cccc2ccc(OCCCN3CCC(c4noc5cc(F)ccc45)CC3)cc12)C(F)(F)F. The summed E-state index contributed by atoms with van der Waals surface area (Å²) < 4.78 is 66.2. The lowest BCUT2D eigenvalue weighted by molar-refractivity contribution is -0.199. The van der Waals surface area contributed by atoms with Crippen LogP contribution in [-0.2, 0) is 16.0 Å². The number of nitrogens with zero attached hydrogens (tertiary/aromatic N) is 2. The van der Waals surface area contributed by atoms with E-state index in [1.54, 1.807) is 12.1 Å². The fourth-order valence-corrected chi connectivity index (χ4v) is 5.09. The number of likely N-dealkylation sites (tertiary alicyclic amines) is 1. The largest absolute Gasteiger partial charge is 0.494 e. The number of halogens is 4. The van der Waals surface area contributed by atoms with Gasteiger partial charge < -0.3 is 18.9 Å². The van der Waals surface area contributed by atoms with E-state index < -0.39 is 12.1 Å². The lowest BCUT2D eigenvalue weighted by Crippen LogP contribution is -2.34. The molecule has 0 saturated carbocycles. The minimum absolute atomic E-state index is 0.166. The summed E-state index contributed by atoms with van der Waals surface area (Å²) in [7, 11) is 0. The Bertz CT molecular complexity index is 1440. The quantitative estimate of drug-likeness (QED) is 0.138. The summed E-state index contributed by atoms with van der Waals surface area (Å²) in [6, 6.07) is 15.7. The Morgan fingerprint density at radius 3 is 2.64 bits per heavy atom. The van der Waals surface area contributed by atoms with E-state index in [2.05, 4.69) is 14.8 Å². The molecule has 1 aliphatic rings. The normalized spacial score (nSPS) is 15.2. The number of carbonyl (C=O) groups is 1. The molecule has 2 heterocycles. The van der Waals surface area contributed by atoms with Crippen molar-refractivity contribution < 1.29 is 36.4 Å². The molecule has 0 aliphatic carbocycles. The predicted molar refractivity (Wildman–Crippen MR) is 137 cm³/mol. The Kier molecular flexibility index (Phi) is 8.02. The molecule has 0 unspecified atom stereocenters. The van der Waals surface area contributed by atoms with Crippen molar-refractivity contribution in [2.75, 3.05) is 32.8 Å². The maximum absolute atomic E-state index is 13.4. The highest BCUT2D eigenvalue weighted by atomic mass is 19.4. The van der Waals surface area contributed by atoms with Crippen LogP contribution >= 0.6 is 0 Å². The van der Waals surface area contributed by atoms with Crippen molar-refractivity contribution in [2.45, 2.75) is 37.8 Å². The van der Waals surface area contributed by atoms with Gasteiger partial charge in [-0.05, 0) is 73.0 Å². The fourth-order valence-electron chi connectivity index (χ4n) is 5.09. The average molecular weight is 545 g/mol. The van der Waals surface area contributed by atoms with E-state index in [-0.39, 0.29) is 24.8 Å². The van der Waals surface area contributed by atoms with Gasteiger partial charge in [0.05, 0.1) is 18.9 Å². The summed E-state index contributed by atoms with van der Waals surface area (Å²) in [5.74, 6) is -1.55. The zero-order chi connectivity index (χ0) is 27.4. The standard InChI is InChI=1S/C29H28F4N2O4/c30-22-6-8-24-26(17-22)39-34-27(24)21-9-13-35(14-10-21)12-2-15-37-23-7-5-19-3-1-4-20(25(19)18-23)11-16-38-28(36)29(31,32)33/h1,3-8,17-18,21H,2,9-16H2. The second kappa shape index (κ2) is 11.6. The molecule has 0 spiro atoms. The number of ether oxygens (including phenoxy) is 2. The Labute approximate surface area is 222 Å². The van der Waals surface area contributed by atoms with Gasteiger partial charge in [0.1, 0.15) is 11.6 Å². The maximum Gasteiger partial charge on any atom is 0.490 e. The topological polar surface area (TPSA) is 64.8 Å². The van der Waals surface area contributed by atoms with Crippen molar-refractivity contribution in [3.8, 4) is 5.75 Å². The highest BCUT2D eigenvalue weighted by molar-refractivity contribution is 5.87. The van der Waals surface area contributed by atoms with Gasteiger partial charge in [0, 0.05) is 30.3 Å². The average Bonchev–Trinajstić information content (AvgIpc) is 3.34. The van der Waals surface area contributed by atoms with Gasteiger partial charge in [0.25, 0.3) is 0 Å². The molecule has 0 radical (unpaired) electrons. The number of aromatic nitrogens is 1. The molecule has 1 aromatic heterocycles. The Hall–Kier alpha value is -3.66. The van der Waals surface area contributed by atoms with Crippen LogP contribution in [0.15, 0.2) is 59.1 Å². The van der Waals surface area contributed by atoms with E-state index in [4.69, 9.17) is 9.26 Å². The Morgan fingerprint density at radius 1 is 1.03 bits per heavy atom. The third kappa shape index (κ3) is 6.50. The number of fused-ring (bicyclic) bond motifs is 2. The van der Waals surface area contributed by atoms with Gasteiger partial charge in [-0.1, -0.05) is 29.4 Å². The maximum atomic E-state index is 13.4. The summed E-state index contributed by atoms with van der Waals surface area (Å²) in [5.41, 5.74) is 2.17. The van der Waals surface area contributed by atoms with Crippen molar-refractivity contribution in [3.63, 3.8) is 0 Å². The molecule has 0 N–H and O–H groups in total. The molecule has 0 bridgehead atoms. The summed E-state index contributed by atoms with van der Waals surface area (Å²) in [6.45, 7) is 2.92. The third-order valence-electron chi connectivity index (χ3n) is 7.10. The fraction of sp³-hybridized carbons (Fsp3) is 0.379. The number of piperidine rings is 1. The van der Waals surface area contributed by atoms with Crippen LogP contribution in [0, 0.1) is 5.82 Å². The van der Waals surface area contributed by atoms with E-state index in [9.17, 15) is 22.4 Å². The molecule has 0 amide bonds. The molecule has 206 valence electrons. The monoisotopic (exact) mass is 544 g/mol. The lowest BCUT2D eigenvalue weighted by atomic mass is 9.91. The first-order valence-electron chi connectivity index (χ1n) is 12.9. The number of esters is 1. The molecule has 4 aromatic rings. The van der Waals surface area contributed by atoms with Crippen molar-refractivity contribution in [3.05, 3.63) is 71.7 Å². The molecule has 39 heavy (non-hydrogen) atoms.